The lowest BCUT2D eigenvalue weighted by atomic mass is 9.96. The highest BCUT2D eigenvalue weighted by molar-refractivity contribution is 5.52. The summed E-state index contributed by atoms with van der Waals surface area (Å²) < 4.78 is 0. The van der Waals surface area contributed by atoms with Crippen molar-refractivity contribution in [3.8, 4) is 0 Å². The number of anilines is 1. The molecule has 0 saturated carbocycles. The van der Waals surface area contributed by atoms with Gasteiger partial charge in [0.2, 0.25) is 0 Å². The minimum Gasteiger partial charge on any atom is -0.397 e. The van der Waals surface area contributed by atoms with Crippen LogP contribution in [0.15, 0.2) is 12.4 Å². The Bertz CT molecular complexity index is 305. The second-order valence-corrected chi connectivity index (χ2v) is 3.83. The molecule has 2 rings (SSSR count). The molecule has 1 atom stereocenters. The molecule has 1 aromatic heterocycles. The number of hydrogen-bond donors (Lipinski definition) is 1. The quantitative estimate of drug-likeness (QED) is 0.752. The summed E-state index contributed by atoms with van der Waals surface area (Å²) in [7, 11) is 0. The van der Waals surface area contributed by atoms with Gasteiger partial charge in [-0.05, 0) is 36.3 Å². The highest BCUT2D eigenvalue weighted by atomic mass is 14.7. The Morgan fingerprint density at radius 1 is 1.54 bits per heavy atom. The molecule has 0 fully saturated rings. The van der Waals surface area contributed by atoms with Crippen LogP contribution in [-0.4, -0.2) is 4.98 Å². The van der Waals surface area contributed by atoms with E-state index in [2.05, 4.69) is 11.9 Å². The zero-order valence-corrected chi connectivity index (χ0v) is 8.09. The second kappa shape index (κ2) is 3.36. The number of nitrogens with two attached hydrogens (primary N) is 1. The van der Waals surface area contributed by atoms with E-state index in [4.69, 9.17) is 5.73 Å². The Hall–Kier alpha value is -1.05. The van der Waals surface area contributed by atoms with Crippen LogP contribution in [0.25, 0.3) is 0 Å². The third-order valence-electron chi connectivity index (χ3n) is 2.91. The molecule has 2 N–H and O–H groups in total. The summed E-state index contributed by atoms with van der Waals surface area (Å²) in [6, 6.07) is 0. The lowest BCUT2D eigenvalue weighted by molar-refractivity contribution is 0.609. The molecule has 0 amide bonds. The molecule has 13 heavy (non-hydrogen) atoms. The fourth-order valence-corrected chi connectivity index (χ4v) is 2.34. The van der Waals surface area contributed by atoms with E-state index in [0.717, 1.165) is 12.1 Å². The number of aromatic nitrogens is 1. The van der Waals surface area contributed by atoms with Gasteiger partial charge in [0, 0.05) is 6.20 Å². The Kier molecular flexibility index (Phi) is 2.21. The number of nitrogen functional groups attached to an aromatic ring is 1. The second-order valence-electron chi connectivity index (χ2n) is 3.83. The molecule has 2 heteroatoms. The number of fused-ring (bicyclic) bond motifs is 1. The van der Waals surface area contributed by atoms with Gasteiger partial charge in [-0.25, -0.2) is 0 Å². The molecule has 0 spiro atoms. The fourth-order valence-electron chi connectivity index (χ4n) is 2.34. The molecule has 1 aromatic rings. The standard InChI is InChI=1S/C11H16N2/c1-2-3-8-4-5-9-6-13-7-10(12)11(8)9/h6-8H,2-5,12H2,1H3. The Labute approximate surface area is 79.2 Å². The SMILES string of the molecule is CCCC1CCc2cncc(N)c21. The molecule has 70 valence electrons. The molecule has 0 saturated heterocycles. The number of hydrogen-bond acceptors (Lipinski definition) is 2. The molecule has 0 aromatic carbocycles. The van der Waals surface area contributed by atoms with Gasteiger partial charge in [0.05, 0.1) is 11.9 Å². The number of nitrogens with zero attached hydrogens (tertiary/aromatic N) is 1. The van der Waals surface area contributed by atoms with Crippen LogP contribution >= 0.6 is 0 Å². The van der Waals surface area contributed by atoms with Crippen molar-refractivity contribution in [2.45, 2.75) is 38.5 Å². The van der Waals surface area contributed by atoms with Crippen molar-refractivity contribution in [3.05, 3.63) is 23.5 Å². The molecule has 1 heterocycles. The van der Waals surface area contributed by atoms with Crippen molar-refractivity contribution in [1.82, 2.24) is 4.98 Å². The van der Waals surface area contributed by atoms with Crippen LogP contribution in [0.2, 0.25) is 0 Å². The molecule has 2 nitrogen and oxygen atoms in total. The van der Waals surface area contributed by atoms with E-state index in [1.54, 1.807) is 6.20 Å². The topological polar surface area (TPSA) is 38.9 Å². The third-order valence-corrected chi connectivity index (χ3v) is 2.91. The zero-order valence-electron chi connectivity index (χ0n) is 8.09. The number of rotatable bonds is 2. The molecule has 1 aliphatic carbocycles. The van der Waals surface area contributed by atoms with E-state index in [9.17, 15) is 0 Å². The van der Waals surface area contributed by atoms with Gasteiger partial charge in [0.1, 0.15) is 0 Å². The van der Waals surface area contributed by atoms with Crippen molar-refractivity contribution in [2.75, 3.05) is 5.73 Å². The lowest BCUT2D eigenvalue weighted by Gasteiger charge is -2.11. The fraction of sp³-hybridized carbons (Fsp3) is 0.545. The maximum Gasteiger partial charge on any atom is 0.0538 e. The molecular formula is C11H16N2. The van der Waals surface area contributed by atoms with E-state index >= 15 is 0 Å². The maximum atomic E-state index is 5.93. The average Bonchev–Trinajstić information content (AvgIpc) is 2.51. The summed E-state index contributed by atoms with van der Waals surface area (Å²) in [6.45, 7) is 2.23. The van der Waals surface area contributed by atoms with Gasteiger partial charge >= 0.3 is 0 Å². The lowest BCUT2D eigenvalue weighted by Crippen LogP contribution is -1.99. The van der Waals surface area contributed by atoms with Crippen LogP contribution in [0.1, 0.15) is 43.2 Å². The first-order valence-corrected chi connectivity index (χ1v) is 5.05. The van der Waals surface area contributed by atoms with Gasteiger partial charge in [-0.2, -0.15) is 0 Å². The van der Waals surface area contributed by atoms with Gasteiger partial charge in [0.15, 0.2) is 0 Å². The number of aryl methyl sites for hydroxylation is 1. The van der Waals surface area contributed by atoms with Crippen molar-refractivity contribution >= 4 is 5.69 Å². The predicted molar refractivity (Wildman–Crippen MR) is 54.6 cm³/mol. The van der Waals surface area contributed by atoms with Crippen LogP contribution in [0.5, 0.6) is 0 Å². The summed E-state index contributed by atoms with van der Waals surface area (Å²) in [5.74, 6) is 0.697. The van der Waals surface area contributed by atoms with E-state index in [0.29, 0.717) is 5.92 Å². The largest absolute Gasteiger partial charge is 0.397 e. The van der Waals surface area contributed by atoms with Gasteiger partial charge in [0.25, 0.3) is 0 Å². The van der Waals surface area contributed by atoms with Crippen molar-refractivity contribution in [3.63, 3.8) is 0 Å². The molecule has 0 aliphatic heterocycles. The first kappa shape index (κ1) is 8.54. The van der Waals surface area contributed by atoms with Crippen molar-refractivity contribution in [1.29, 1.82) is 0 Å². The van der Waals surface area contributed by atoms with Crippen LogP contribution in [-0.2, 0) is 6.42 Å². The first-order valence-electron chi connectivity index (χ1n) is 5.05. The van der Waals surface area contributed by atoms with Gasteiger partial charge in [-0.1, -0.05) is 13.3 Å². The monoisotopic (exact) mass is 176 g/mol. The Balaban J connectivity index is 2.34. The maximum absolute atomic E-state index is 5.93. The van der Waals surface area contributed by atoms with Crippen LogP contribution < -0.4 is 5.73 Å². The van der Waals surface area contributed by atoms with E-state index in [1.165, 1.54) is 30.4 Å². The molecule has 0 bridgehead atoms. The molecule has 0 radical (unpaired) electrons. The Morgan fingerprint density at radius 2 is 2.38 bits per heavy atom. The molecule has 1 unspecified atom stereocenters. The number of pyridine rings is 1. The predicted octanol–water partition coefficient (Wildman–Crippen LogP) is 2.49. The Morgan fingerprint density at radius 3 is 3.15 bits per heavy atom. The summed E-state index contributed by atoms with van der Waals surface area (Å²) in [5.41, 5.74) is 9.59. The average molecular weight is 176 g/mol. The smallest absolute Gasteiger partial charge is 0.0538 e. The van der Waals surface area contributed by atoms with Crippen molar-refractivity contribution in [2.24, 2.45) is 0 Å². The van der Waals surface area contributed by atoms with E-state index in [1.807, 2.05) is 6.20 Å². The molecular weight excluding hydrogens is 160 g/mol. The zero-order chi connectivity index (χ0) is 9.26. The highest BCUT2D eigenvalue weighted by Crippen LogP contribution is 2.38. The molecule has 1 aliphatic rings. The third kappa shape index (κ3) is 1.41. The van der Waals surface area contributed by atoms with Gasteiger partial charge in [-0.3, -0.25) is 4.98 Å². The first-order chi connectivity index (χ1) is 6.33. The van der Waals surface area contributed by atoms with Gasteiger partial charge < -0.3 is 5.73 Å². The van der Waals surface area contributed by atoms with Crippen LogP contribution in [0.3, 0.4) is 0 Å². The minimum absolute atomic E-state index is 0.697. The summed E-state index contributed by atoms with van der Waals surface area (Å²) in [6.07, 6.45) is 8.69. The van der Waals surface area contributed by atoms with Crippen LogP contribution in [0, 0.1) is 0 Å². The normalized spacial score (nSPS) is 20.2. The van der Waals surface area contributed by atoms with Crippen molar-refractivity contribution < 1.29 is 0 Å². The summed E-state index contributed by atoms with van der Waals surface area (Å²) in [4.78, 5) is 4.13. The van der Waals surface area contributed by atoms with Gasteiger partial charge in [-0.15, -0.1) is 0 Å². The minimum atomic E-state index is 0.697. The highest BCUT2D eigenvalue weighted by Gasteiger charge is 2.23. The van der Waals surface area contributed by atoms with E-state index < -0.39 is 0 Å². The summed E-state index contributed by atoms with van der Waals surface area (Å²) >= 11 is 0. The van der Waals surface area contributed by atoms with Crippen LogP contribution in [0.4, 0.5) is 5.69 Å². The van der Waals surface area contributed by atoms with E-state index in [-0.39, 0.29) is 0 Å². The summed E-state index contributed by atoms with van der Waals surface area (Å²) in [5, 5.41) is 0.